The summed E-state index contributed by atoms with van der Waals surface area (Å²) in [5.41, 5.74) is 1.76. The Morgan fingerprint density at radius 1 is 1.39 bits per heavy atom. The third-order valence-electron chi connectivity index (χ3n) is 3.15. The Morgan fingerprint density at radius 2 is 2.22 bits per heavy atom. The Labute approximate surface area is 138 Å². The van der Waals surface area contributed by atoms with Gasteiger partial charge in [-0.1, -0.05) is 0 Å². The third-order valence-corrected chi connectivity index (χ3v) is 3.85. The van der Waals surface area contributed by atoms with Gasteiger partial charge in [0, 0.05) is 11.8 Å². The molecule has 2 rings (SSSR count). The van der Waals surface area contributed by atoms with Crippen molar-refractivity contribution in [1.82, 2.24) is 4.98 Å². The molecule has 0 aliphatic heterocycles. The monoisotopic (exact) mass is 328 g/mol. The van der Waals surface area contributed by atoms with E-state index in [4.69, 9.17) is 9.84 Å². The number of carbonyl (C=O) groups is 1. The lowest BCUT2D eigenvalue weighted by atomic mass is 10.1. The molecule has 5 nitrogen and oxygen atoms in total. The minimum Gasteiger partial charge on any atom is -0.492 e. The lowest BCUT2D eigenvalue weighted by Crippen LogP contribution is -2.01. The quantitative estimate of drug-likeness (QED) is 0.784. The van der Waals surface area contributed by atoms with E-state index in [1.165, 1.54) is 18.3 Å². The molecule has 2 aromatic rings. The minimum atomic E-state index is -1.01. The molecular weight excluding hydrogens is 312 g/mol. The predicted octanol–water partition coefficient (Wildman–Crippen LogP) is 3.45. The molecule has 1 heterocycles. The maximum absolute atomic E-state index is 11.0. The maximum atomic E-state index is 11.0. The van der Waals surface area contributed by atoms with Crippen LogP contribution in [0.25, 0.3) is 11.3 Å². The first-order valence-electron chi connectivity index (χ1n) is 7.01. The molecule has 6 heteroatoms. The molecule has 0 saturated carbocycles. The van der Waals surface area contributed by atoms with Gasteiger partial charge in [0.05, 0.1) is 23.4 Å². The number of nitriles is 1. The number of hydrogen-bond donors (Lipinski definition) is 1. The van der Waals surface area contributed by atoms with Gasteiger partial charge in [-0.2, -0.15) is 17.0 Å². The average molecular weight is 328 g/mol. The zero-order valence-electron chi connectivity index (χ0n) is 12.7. The highest BCUT2D eigenvalue weighted by Crippen LogP contribution is 2.26. The van der Waals surface area contributed by atoms with E-state index < -0.39 is 5.97 Å². The highest BCUT2D eigenvalue weighted by Gasteiger charge is 2.10. The summed E-state index contributed by atoms with van der Waals surface area (Å²) in [6.45, 7) is 0.557. The van der Waals surface area contributed by atoms with Crippen LogP contribution in [-0.4, -0.2) is 34.7 Å². The molecule has 0 aliphatic rings. The fraction of sp³-hybridized carbons (Fsp3) is 0.235. The Morgan fingerprint density at radius 3 is 2.91 bits per heavy atom. The largest absolute Gasteiger partial charge is 0.492 e. The fourth-order valence-electron chi connectivity index (χ4n) is 2.01. The van der Waals surface area contributed by atoms with Crippen LogP contribution in [0.5, 0.6) is 5.75 Å². The van der Waals surface area contributed by atoms with Crippen molar-refractivity contribution in [3.05, 3.63) is 47.7 Å². The Kier molecular flexibility index (Phi) is 6.01. The number of aromatic nitrogens is 1. The lowest BCUT2D eigenvalue weighted by molar-refractivity contribution is 0.0697. The molecule has 0 fully saturated rings. The van der Waals surface area contributed by atoms with Crippen LogP contribution >= 0.6 is 11.8 Å². The van der Waals surface area contributed by atoms with Gasteiger partial charge < -0.3 is 9.84 Å². The van der Waals surface area contributed by atoms with Crippen molar-refractivity contribution in [3.8, 4) is 23.1 Å². The number of nitrogens with zero attached hydrogens (tertiary/aromatic N) is 2. The van der Waals surface area contributed by atoms with Gasteiger partial charge in [-0.25, -0.2) is 4.79 Å². The van der Waals surface area contributed by atoms with Crippen LogP contribution in [0.3, 0.4) is 0 Å². The Bertz CT molecular complexity index is 741. The maximum Gasteiger partial charge on any atom is 0.335 e. The molecule has 0 aliphatic carbocycles. The number of ether oxygens (including phenoxy) is 1. The van der Waals surface area contributed by atoms with Crippen LogP contribution in [-0.2, 0) is 0 Å². The summed E-state index contributed by atoms with van der Waals surface area (Å²) in [6, 6.07) is 10.2. The molecule has 118 valence electrons. The summed E-state index contributed by atoms with van der Waals surface area (Å²) in [7, 11) is 0. The van der Waals surface area contributed by atoms with Crippen LogP contribution < -0.4 is 4.74 Å². The highest BCUT2D eigenvalue weighted by molar-refractivity contribution is 7.98. The first-order valence-corrected chi connectivity index (χ1v) is 8.40. The molecule has 1 N–H and O–H groups in total. The first-order chi connectivity index (χ1) is 11.2. The number of hydrogen-bond acceptors (Lipinski definition) is 5. The zero-order chi connectivity index (χ0) is 16.7. The van der Waals surface area contributed by atoms with Gasteiger partial charge in [0.15, 0.2) is 0 Å². The van der Waals surface area contributed by atoms with Crippen molar-refractivity contribution in [3.63, 3.8) is 0 Å². The van der Waals surface area contributed by atoms with Crippen LogP contribution in [0, 0.1) is 11.3 Å². The molecule has 23 heavy (non-hydrogen) atoms. The summed E-state index contributed by atoms with van der Waals surface area (Å²) < 4.78 is 5.63. The van der Waals surface area contributed by atoms with Gasteiger partial charge in [0.1, 0.15) is 11.8 Å². The van der Waals surface area contributed by atoms with Gasteiger partial charge >= 0.3 is 5.97 Å². The van der Waals surface area contributed by atoms with Crippen molar-refractivity contribution in [1.29, 1.82) is 5.26 Å². The highest BCUT2D eigenvalue weighted by atomic mass is 32.2. The van der Waals surface area contributed by atoms with E-state index in [2.05, 4.69) is 11.1 Å². The Balaban J connectivity index is 2.23. The van der Waals surface area contributed by atoms with Crippen molar-refractivity contribution in [2.24, 2.45) is 0 Å². The first kappa shape index (κ1) is 16.8. The van der Waals surface area contributed by atoms with E-state index in [1.807, 2.05) is 6.26 Å². The van der Waals surface area contributed by atoms with Crippen LogP contribution in [0.1, 0.15) is 22.3 Å². The van der Waals surface area contributed by atoms with Crippen molar-refractivity contribution < 1.29 is 14.6 Å². The van der Waals surface area contributed by atoms with Gasteiger partial charge in [-0.05, 0) is 48.8 Å². The van der Waals surface area contributed by atoms with Gasteiger partial charge in [-0.15, -0.1) is 0 Å². The molecule has 0 spiro atoms. The molecule has 0 radical (unpaired) electrons. The third kappa shape index (κ3) is 4.47. The molecule has 0 amide bonds. The summed E-state index contributed by atoms with van der Waals surface area (Å²) in [4.78, 5) is 15.2. The molecule has 1 aromatic heterocycles. The second-order valence-electron chi connectivity index (χ2n) is 4.75. The van der Waals surface area contributed by atoms with Crippen LogP contribution in [0.4, 0.5) is 0 Å². The summed E-state index contributed by atoms with van der Waals surface area (Å²) in [5, 5.41) is 18.3. The topological polar surface area (TPSA) is 83.2 Å². The van der Waals surface area contributed by atoms with E-state index in [1.54, 1.807) is 30.0 Å². The van der Waals surface area contributed by atoms with Crippen molar-refractivity contribution >= 4 is 17.7 Å². The smallest absolute Gasteiger partial charge is 0.335 e. The molecule has 0 atom stereocenters. The number of aromatic carboxylic acids is 1. The number of thioether (sulfide) groups is 1. The van der Waals surface area contributed by atoms with E-state index in [0.717, 1.165) is 12.2 Å². The number of rotatable bonds is 7. The fourth-order valence-corrected chi connectivity index (χ4v) is 2.42. The average Bonchev–Trinajstić information content (AvgIpc) is 2.59. The molecule has 0 saturated heterocycles. The second kappa shape index (κ2) is 8.20. The van der Waals surface area contributed by atoms with E-state index in [9.17, 15) is 10.1 Å². The predicted molar refractivity (Wildman–Crippen MR) is 89.8 cm³/mol. The normalized spacial score (nSPS) is 10.1. The zero-order valence-corrected chi connectivity index (χ0v) is 13.5. The van der Waals surface area contributed by atoms with Gasteiger partial charge in [0.2, 0.25) is 0 Å². The number of benzene rings is 1. The van der Waals surface area contributed by atoms with Crippen molar-refractivity contribution in [2.75, 3.05) is 18.6 Å². The number of pyridine rings is 1. The van der Waals surface area contributed by atoms with Crippen LogP contribution in [0.15, 0.2) is 36.5 Å². The van der Waals surface area contributed by atoms with E-state index in [0.29, 0.717) is 29.2 Å². The summed E-state index contributed by atoms with van der Waals surface area (Å²) in [6.07, 6.45) is 4.39. The molecule has 0 bridgehead atoms. The molecular formula is C17H16N2O3S. The molecule has 0 unspecified atom stereocenters. The standard InChI is InChI=1S/C17H16N2O3S/c1-23-8-2-7-22-16-4-3-12(9-14(16)11-18)15-10-13(17(20)21)5-6-19-15/h3-6,9-10H,2,7-8H2,1H3,(H,20,21). The molecule has 1 aromatic carbocycles. The second-order valence-corrected chi connectivity index (χ2v) is 5.74. The van der Waals surface area contributed by atoms with Gasteiger partial charge in [-0.3, -0.25) is 4.98 Å². The SMILES string of the molecule is CSCCCOc1ccc(-c2cc(C(=O)O)ccn2)cc1C#N. The van der Waals surface area contributed by atoms with E-state index in [-0.39, 0.29) is 5.56 Å². The van der Waals surface area contributed by atoms with Crippen molar-refractivity contribution in [2.45, 2.75) is 6.42 Å². The minimum absolute atomic E-state index is 0.158. The van der Waals surface area contributed by atoms with Gasteiger partial charge in [0.25, 0.3) is 0 Å². The van der Waals surface area contributed by atoms with Crippen LogP contribution in [0.2, 0.25) is 0 Å². The lowest BCUT2D eigenvalue weighted by Gasteiger charge is -2.09. The number of carboxylic acids is 1. The number of carboxylic acid groups (broad SMARTS) is 1. The summed E-state index contributed by atoms with van der Waals surface area (Å²) >= 11 is 1.75. The summed E-state index contributed by atoms with van der Waals surface area (Å²) in [5.74, 6) is 0.529. The van der Waals surface area contributed by atoms with E-state index >= 15 is 0 Å². The Hall–Kier alpha value is -2.52.